The first-order chi connectivity index (χ1) is 7.78. The Hall–Kier alpha value is 0.200. The van der Waals surface area contributed by atoms with Crippen LogP contribution < -0.4 is 0 Å². The molecule has 2 rings (SSSR count). The smallest absolute Gasteiger partial charge is 0.0233 e. The number of halogens is 2. The van der Waals surface area contributed by atoms with E-state index in [0.29, 0.717) is 0 Å². The third-order valence-electron chi connectivity index (χ3n) is 3.21. The van der Waals surface area contributed by atoms with Crippen LogP contribution >= 0.6 is 34.2 Å². The molecule has 0 amide bonds. The number of hydrogen-bond donors (Lipinski definition) is 0. The molecule has 1 aromatic carbocycles. The van der Waals surface area contributed by atoms with E-state index in [9.17, 15) is 0 Å². The lowest BCUT2D eigenvalue weighted by Crippen LogP contribution is -2.20. The van der Waals surface area contributed by atoms with Crippen molar-refractivity contribution >= 4 is 34.2 Å². The second-order valence-electron chi connectivity index (χ2n) is 4.49. The fraction of sp³-hybridized carbons (Fsp3) is 0.538. The molecular formula is C13H17ClIN. The first-order valence-corrected chi connectivity index (χ1v) is 7.42. The van der Waals surface area contributed by atoms with Crippen molar-refractivity contribution in [1.82, 2.24) is 4.90 Å². The molecule has 3 heteroatoms. The van der Waals surface area contributed by atoms with Crippen molar-refractivity contribution in [3.63, 3.8) is 0 Å². The van der Waals surface area contributed by atoms with Gasteiger partial charge in [-0.2, -0.15) is 0 Å². The molecule has 1 unspecified atom stereocenters. The van der Waals surface area contributed by atoms with Crippen molar-refractivity contribution in [3.8, 4) is 0 Å². The molecule has 1 aliphatic rings. The Kier molecular flexibility index (Phi) is 4.92. The van der Waals surface area contributed by atoms with Gasteiger partial charge >= 0.3 is 0 Å². The van der Waals surface area contributed by atoms with Crippen molar-refractivity contribution < 1.29 is 0 Å². The van der Waals surface area contributed by atoms with Gasteiger partial charge in [0, 0.05) is 22.5 Å². The average Bonchev–Trinajstić information content (AvgIpc) is 2.70. The Morgan fingerprint density at radius 2 is 2.06 bits per heavy atom. The van der Waals surface area contributed by atoms with Gasteiger partial charge in [-0.1, -0.05) is 12.1 Å². The maximum absolute atomic E-state index is 5.79. The van der Waals surface area contributed by atoms with Crippen LogP contribution in [0.2, 0.25) is 0 Å². The second kappa shape index (κ2) is 6.22. The summed E-state index contributed by atoms with van der Waals surface area (Å²) in [6, 6.07) is 8.83. The maximum atomic E-state index is 5.79. The number of rotatable bonds is 4. The molecule has 1 saturated heterocycles. The largest absolute Gasteiger partial charge is 0.299 e. The zero-order chi connectivity index (χ0) is 11.4. The number of likely N-dealkylation sites (tertiary alicyclic amines) is 1. The molecule has 0 bridgehead atoms. The molecule has 1 atom stereocenters. The molecule has 0 spiro atoms. The molecule has 88 valence electrons. The molecule has 0 N–H and O–H groups in total. The topological polar surface area (TPSA) is 3.24 Å². The van der Waals surface area contributed by atoms with E-state index < -0.39 is 0 Å². The summed E-state index contributed by atoms with van der Waals surface area (Å²) in [6.45, 7) is 3.54. The lowest BCUT2D eigenvalue weighted by Gasteiger charge is -2.15. The standard InChI is InChI=1S/C13H17ClIN/c14-7-5-12-6-8-16(10-12)9-11-1-3-13(15)4-2-11/h1-4,12H,5-10H2. The molecule has 0 saturated carbocycles. The summed E-state index contributed by atoms with van der Waals surface area (Å²) < 4.78 is 1.31. The highest BCUT2D eigenvalue weighted by atomic mass is 127. The summed E-state index contributed by atoms with van der Waals surface area (Å²) in [6.07, 6.45) is 2.49. The van der Waals surface area contributed by atoms with Crippen LogP contribution in [-0.4, -0.2) is 23.9 Å². The van der Waals surface area contributed by atoms with E-state index in [1.165, 1.54) is 35.1 Å². The Labute approximate surface area is 116 Å². The highest BCUT2D eigenvalue weighted by molar-refractivity contribution is 14.1. The van der Waals surface area contributed by atoms with Crippen LogP contribution in [0.3, 0.4) is 0 Å². The van der Waals surface area contributed by atoms with Crippen LogP contribution in [0.5, 0.6) is 0 Å². The van der Waals surface area contributed by atoms with E-state index >= 15 is 0 Å². The van der Waals surface area contributed by atoms with Gasteiger partial charge in [-0.15, -0.1) is 11.6 Å². The van der Waals surface area contributed by atoms with E-state index in [0.717, 1.165) is 18.3 Å². The molecule has 1 aliphatic heterocycles. The van der Waals surface area contributed by atoms with E-state index in [4.69, 9.17) is 11.6 Å². The minimum absolute atomic E-state index is 0.808. The number of nitrogens with zero attached hydrogens (tertiary/aromatic N) is 1. The monoisotopic (exact) mass is 349 g/mol. The fourth-order valence-electron chi connectivity index (χ4n) is 2.29. The summed E-state index contributed by atoms with van der Waals surface area (Å²) >= 11 is 8.13. The zero-order valence-corrected chi connectivity index (χ0v) is 12.2. The molecule has 0 radical (unpaired) electrons. The molecule has 0 aliphatic carbocycles. The molecule has 16 heavy (non-hydrogen) atoms. The van der Waals surface area contributed by atoms with Gasteiger partial charge in [0.1, 0.15) is 0 Å². The van der Waals surface area contributed by atoms with Gasteiger partial charge in [-0.25, -0.2) is 0 Å². The van der Waals surface area contributed by atoms with Gasteiger partial charge in [0.05, 0.1) is 0 Å². The fourth-order valence-corrected chi connectivity index (χ4v) is 2.96. The van der Waals surface area contributed by atoms with Gasteiger partial charge in [-0.3, -0.25) is 4.90 Å². The van der Waals surface area contributed by atoms with E-state index in [1.54, 1.807) is 0 Å². The summed E-state index contributed by atoms with van der Waals surface area (Å²) in [5.41, 5.74) is 1.42. The Morgan fingerprint density at radius 1 is 1.31 bits per heavy atom. The maximum Gasteiger partial charge on any atom is 0.0233 e. The third kappa shape index (κ3) is 3.60. The Balaban J connectivity index is 1.84. The van der Waals surface area contributed by atoms with E-state index in [2.05, 4.69) is 51.8 Å². The van der Waals surface area contributed by atoms with Crippen molar-refractivity contribution in [1.29, 1.82) is 0 Å². The van der Waals surface area contributed by atoms with Crippen LogP contribution in [0, 0.1) is 9.49 Å². The number of benzene rings is 1. The van der Waals surface area contributed by atoms with Crippen LogP contribution in [0.1, 0.15) is 18.4 Å². The van der Waals surface area contributed by atoms with Gasteiger partial charge < -0.3 is 0 Å². The molecule has 0 aromatic heterocycles. The number of hydrogen-bond acceptors (Lipinski definition) is 1. The van der Waals surface area contributed by atoms with Gasteiger partial charge in [-0.05, 0) is 65.6 Å². The molecule has 1 fully saturated rings. The van der Waals surface area contributed by atoms with Crippen molar-refractivity contribution in [3.05, 3.63) is 33.4 Å². The zero-order valence-electron chi connectivity index (χ0n) is 9.33. The summed E-state index contributed by atoms with van der Waals surface area (Å²) in [4.78, 5) is 2.54. The predicted octanol–water partition coefficient (Wildman–Crippen LogP) is 3.74. The summed E-state index contributed by atoms with van der Waals surface area (Å²) in [7, 11) is 0. The van der Waals surface area contributed by atoms with E-state index in [-0.39, 0.29) is 0 Å². The second-order valence-corrected chi connectivity index (χ2v) is 6.12. The van der Waals surface area contributed by atoms with Crippen molar-refractivity contribution in [2.45, 2.75) is 19.4 Å². The normalized spacial score (nSPS) is 21.5. The lowest BCUT2D eigenvalue weighted by atomic mass is 10.1. The SMILES string of the molecule is ClCCC1CCN(Cc2ccc(I)cc2)C1. The van der Waals surface area contributed by atoms with Crippen molar-refractivity contribution in [2.75, 3.05) is 19.0 Å². The van der Waals surface area contributed by atoms with Gasteiger partial charge in [0.15, 0.2) is 0 Å². The molecule has 1 heterocycles. The molecule has 1 aromatic rings. The minimum Gasteiger partial charge on any atom is -0.299 e. The van der Waals surface area contributed by atoms with Gasteiger partial charge in [0.2, 0.25) is 0 Å². The van der Waals surface area contributed by atoms with Crippen LogP contribution in [0.4, 0.5) is 0 Å². The number of alkyl halides is 1. The Morgan fingerprint density at radius 3 is 2.75 bits per heavy atom. The minimum atomic E-state index is 0.808. The third-order valence-corrected chi connectivity index (χ3v) is 4.14. The molecule has 1 nitrogen and oxygen atoms in total. The highest BCUT2D eigenvalue weighted by Gasteiger charge is 2.21. The lowest BCUT2D eigenvalue weighted by molar-refractivity contribution is 0.315. The quantitative estimate of drug-likeness (QED) is 0.591. The molecular weight excluding hydrogens is 333 g/mol. The van der Waals surface area contributed by atoms with Gasteiger partial charge in [0.25, 0.3) is 0 Å². The predicted molar refractivity (Wildman–Crippen MR) is 77.9 cm³/mol. The van der Waals surface area contributed by atoms with Crippen LogP contribution in [-0.2, 0) is 6.54 Å². The average molecular weight is 350 g/mol. The summed E-state index contributed by atoms with van der Waals surface area (Å²) in [5, 5.41) is 0. The Bertz CT molecular complexity index is 325. The van der Waals surface area contributed by atoms with Crippen LogP contribution in [0.25, 0.3) is 0 Å². The highest BCUT2D eigenvalue weighted by Crippen LogP contribution is 2.21. The first kappa shape index (κ1) is 12.7. The summed E-state index contributed by atoms with van der Waals surface area (Å²) in [5.74, 6) is 1.63. The first-order valence-electron chi connectivity index (χ1n) is 5.80. The van der Waals surface area contributed by atoms with E-state index in [1.807, 2.05) is 0 Å². The van der Waals surface area contributed by atoms with Crippen molar-refractivity contribution in [2.24, 2.45) is 5.92 Å². The van der Waals surface area contributed by atoms with Crippen LogP contribution in [0.15, 0.2) is 24.3 Å².